The van der Waals surface area contributed by atoms with Crippen LogP contribution in [0.25, 0.3) is 10.2 Å². The molecule has 0 bridgehead atoms. The van der Waals surface area contributed by atoms with Crippen LogP contribution in [0.4, 0.5) is 5.13 Å². The second kappa shape index (κ2) is 4.93. The van der Waals surface area contributed by atoms with Crippen molar-refractivity contribution in [3.63, 3.8) is 0 Å². The lowest BCUT2D eigenvalue weighted by Crippen LogP contribution is -2.21. The van der Waals surface area contributed by atoms with Crippen molar-refractivity contribution in [2.24, 2.45) is 0 Å². The molecule has 1 aromatic carbocycles. The predicted molar refractivity (Wildman–Crippen MR) is 71.6 cm³/mol. The van der Waals surface area contributed by atoms with Gasteiger partial charge in [0.15, 0.2) is 5.13 Å². The lowest BCUT2D eigenvalue weighted by molar-refractivity contribution is 0.683. The van der Waals surface area contributed by atoms with E-state index in [1.807, 2.05) is 25.1 Å². The monoisotopic (exact) mass is 254 g/mol. The van der Waals surface area contributed by atoms with Gasteiger partial charge in [-0.2, -0.15) is 0 Å². The van der Waals surface area contributed by atoms with Crippen molar-refractivity contribution >= 4 is 37.5 Å². The van der Waals surface area contributed by atoms with Crippen molar-refractivity contribution in [3.05, 3.63) is 24.3 Å². The van der Waals surface area contributed by atoms with Gasteiger partial charge in [-0.25, -0.2) is 4.98 Å². The quantitative estimate of drug-likeness (QED) is 0.911. The lowest BCUT2D eigenvalue weighted by atomic mass is 10.3. The molecule has 1 heterocycles. The average Bonchev–Trinajstić information content (AvgIpc) is 2.57. The smallest absolute Gasteiger partial charge is 0.184 e. The van der Waals surface area contributed by atoms with E-state index in [2.05, 4.69) is 16.4 Å². The van der Waals surface area contributed by atoms with Gasteiger partial charge in [0.25, 0.3) is 0 Å². The number of aromatic nitrogens is 1. The van der Waals surface area contributed by atoms with E-state index in [0.717, 1.165) is 10.6 Å². The highest BCUT2D eigenvalue weighted by atomic mass is 32.2. The molecular weight excluding hydrogens is 240 g/mol. The molecular formula is C11H14N2OS2. The number of hydrogen-bond acceptors (Lipinski definition) is 4. The first-order valence-electron chi connectivity index (χ1n) is 5.07. The number of nitrogens with one attached hydrogen (secondary N) is 1. The molecule has 2 unspecified atom stereocenters. The minimum atomic E-state index is -0.773. The van der Waals surface area contributed by atoms with E-state index in [9.17, 15) is 4.21 Å². The molecule has 0 aliphatic heterocycles. The van der Waals surface area contributed by atoms with Crippen LogP contribution in [-0.2, 0) is 10.8 Å². The highest BCUT2D eigenvalue weighted by Gasteiger charge is 2.07. The number of rotatable bonds is 4. The van der Waals surface area contributed by atoms with Crippen molar-refractivity contribution in [2.45, 2.75) is 13.0 Å². The van der Waals surface area contributed by atoms with E-state index in [0.29, 0.717) is 5.75 Å². The van der Waals surface area contributed by atoms with Gasteiger partial charge in [-0.1, -0.05) is 23.5 Å². The number of benzene rings is 1. The fourth-order valence-electron chi connectivity index (χ4n) is 1.54. The molecule has 86 valence electrons. The van der Waals surface area contributed by atoms with Crippen LogP contribution in [-0.4, -0.2) is 27.2 Å². The fourth-order valence-corrected chi connectivity index (χ4v) is 3.30. The van der Waals surface area contributed by atoms with E-state index in [1.165, 1.54) is 4.70 Å². The molecule has 16 heavy (non-hydrogen) atoms. The van der Waals surface area contributed by atoms with Crippen molar-refractivity contribution in [2.75, 3.05) is 17.3 Å². The number of hydrogen-bond donors (Lipinski definition) is 1. The Morgan fingerprint density at radius 1 is 1.50 bits per heavy atom. The standard InChI is InChI=1S/C11H14N2OS2/c1-8(7-16(2)14)12-11-13-9-5-3-4-6-10(9)15-11/h3-6,8H,7H2,1-2H3,(H,12,13). The molecule has 2 aromatic rings. The maximum absolute atomic E-state index is 11.1. The molecule has 0 amide bonds. The van der Waals surface area contributed by atoms with Gasteiger partial charge in [-0.3, -0.25) is 4.21 Å². The summed E-state index contributed by atoms with van der Waals surface area (Å²) in [5, 5.41) is 4.18. The van der Waals surface area contributed by atoms with Gasteiger partial charge in [0, 0.05) is 28.9 Å². The molecule has 0 saturated heterocycles. The van der Waals surface area contributed by atoms with Gasteiger partial charge in [-0.05, 0) is 19.1 Å². The van der Waals surface area contributed by atoms with E-state index < -0.39 is 10.8 Å². The second-order valence-electron chi connectivity index (χ2n) is 3.77. The Bertz CT molecular complexity index is 476. The molecule has 1 aromatic heterocycles. The fraction of sp³-hybridized carbons (Fsp3) is 0.364. The minimum absolute atomic E-state index is 0.186. The number of nitrogens with zero attached hydrogens (tertiary/aromatic N) is 1. The summed E-state index contributed by atoms with van der Waals surface area (Å²) in [5.74, 6) is 0.649. The maximum atomic E-state index is 11.1. The summed E-state index contributed by atoms with van der Waals surface area (Å²) in [5.41, 5.74) is 1.01. The Hall–Kier alpha value is -0.940. The summed E-state index contributed by atoms with van der Waals surface area (Å²) in [6.45, 7) is 2.02. The molecule has 0 radical (unpaired) electrons. The molecule has 0 aliphatic rings. The topological polar surface area (TPSA) is 42.0 Å². The normalized spacial score (nSPS) is 14.9. The zero-order chi connectivity index (χ0) is 11.5. The Labute approximate surface area is 101 Å². The predicted octanol–water partition coefficient (Wildman–Crippen LogP) is 2.48. The number of anilines is 1. The zero-order valence-electron chi connectivity index (χ0n) is 9.27. The van der Waals surface area contributed by atoms with E-state index in [1.54, 1.807) is 17.6 Å². The van der Waals surface area contributed by atoms with Gasteiger partial charge >= 0.3 is 0 Å². The first kappa shape index (κ1) is 11.5. The molecule has 5 heteroatoms. The Morgan fingerprint density at radius 2 is 2.25 bits per heavy atom. The summed E-state index contributed by atoms with van der Waals surface area (Å²) in [4.78, 5) is 4.47. The zero-order valence-corrected chi connectivity index (χ0v) is 10.9. The van der Waals surface area contributed by atoms with Crippen molar-refractivity contribution in [3.8, 4) is 0 Å². The van der Waals surface area contributed by atoms with Crippen molar-refractivity contribution in [1.29, 1.82) is 0 Å². The molecule has 2 rings (SSSR count). The third-order valence-electron chi connectivity index (χ3n) is 2.15. The van der Waals surface area contributed by atoms with Crippen LogP contribution in [0, 0.1) is 0 Å². The SMILES string of the molecule is CC(CS(C)=O)Nc1nc2ccccc2s1. The van der Waals surface area contributed by atoms with Gasteiger partial charge < -0.3 is 5.32 Å². The van der Waals surface area contributed by atoms with E-state index in [-0.39, 0.29) is 6.04 Å². The molecule has 0 aliphatic carbocycles. The third kappa shape index (κ3) is 2.80. The first-order chi connectivity index (χ1) is 7.65. The molecule has 0 fully saturated rings. The molecule has 2 atom stereocenters. The number of para-hydroxylation sites is 1. The van der Waals surface area contributed by atoms with Gasteiger partial charge in [0.05, 0.1) is 10.2 Å². The van der Waals surface area contributed by atoms with Gasteiger partial charge in [-0.15, -0.1) is 0 Å². The maximum Gasteiger partial charge on any atom is 0.184 e. The summed E-state index contributed by atoms with van der Waals surface area (Å²) < 4.78 is 12.2. The highest BCUT2D eigenvalue weighted by molar-refractivity contribution is 7.84. The summed E-state index contributed by atoms with van der Waals surface area (Å²) in [6.07, 6.45) is 1.72. The number of fused-ring (bicyclic) bond motifs is 1. The van der Waals surface area contributed by atoms with Crippen LogP contribution in [0.3, 0.4) is 0 Å². The Balaban J connectivity index is 2.12. The van der Waals surface area contributed by atoms with Crippen LogP contribution in [0.1, 0.15) is 6.92 Å². The van der Waals surface area contributed by atoms with Crippen LogP contribution in [0.15, 0.2) is 24.3 Å². The summed E-state index contributed by atoms with van der Waals surface area (Å²) in [6, 6.07) is 8.23. The minimum Gasteiger partial charge on any atom is -0.358 e. The first-order valence-corrected chi connectivity index (χ1v) is 7.61. The third-order valence-corrected chi connectivity index (χ3v) is 4.09. The Kier molecular flexibility index (Phi) is 3.56. The van der Waals surface area contributed by atoms with Crippen LogP contribution >= 0.6 is 11.3 Å². The second-order valence-corrected chi connectivity index (χ2v) is 6.28. The van der Waals surface area contributed by atoms with E-state index in [4.69, 9.17) is 0 Å². The van der Waals surface area contributed by atoms with Gasteiger partial charge in [0.1, 0.15) is 0 Å². The van der Waals surface area contributed by atoms with Gasteiger partial charge in [0.2, 0.25) is 0 Å². The number of thiazole rings is 1. The Morgan fingerprint density at radius 3 is 2.94 bits per heavy atom. The van der Waals surface area contributed by atoms with Crippen molar-refractivity contribution < 1.29 is 4.21 Å². The van der Waals surface area contributed by atoms with Crippen molar-refractivity contribution in [1.82, 2.24) is 4.98 Å². The summed E-state index contributed by atoms with van der Waals surface area (Å²) in [7, 11) is -0.773. The van der Waals surface area contributed by atoms with Crippen LogP contribution < -0.4 is 5.32 Å². The van der Waals surface area contributed by atoms with Crippen LogP contribution in [0.2, 0.25) is 0 Å². The van der Waals surface area contributed by atoms with E-state index >= 15 is 0 Å². The lowest BCUT2D eigenvalue weighted by Gasteiger charge is -2.10. The average molecular weight is 254 g/mol. The highest BCUT2D eigenvalue weighted by Crippen LogP contribution is 2.25. The molecule has 0 spiro atoms. The molecule has 1 N–H and O–H groups in total. The largest absolute Gasteiger partial charge is 0.358 e. The molecule has 0 saturated carbocycles. The molecule has 3 nitrogen and oxygen atoms in total. The summed E-state index contributed by atoms with van der Waals surface area (Å²) >= 11 is 1.63. The van der Waals surface area contributed by atoms with Crippen LogP contribution in [0.5, 0.6) is 0 Å².